The second kappa shape index (κ2) is 11.9. The molecule has 0 spiro atoms. The van der Waals surface area contributed by atoms with Crippen LogP contribution in [0.15, 0.2) is 158 Å². The molecule has 0 bridgehead atoms. The van der Waals surface area contributed by atoms with Crippen LogP contribution in [-0.4, -0.2) is 0 Å². The van der Waals surface area contributed by atoms with Crippen molar-refractivity contribution in [2.24, 2.45) is 0 Å². The van der Waals surface area contributed by atoms with Crippen molar-refractivity contribution in [2.45, 2.75) is 64.7 Å². The highest BCUT2D eigenvalue weighted by atomic mass is 15.1. The summed E-state index contributed by atoms with van der Waals surface area (Å²) in [6, 6.07) is 58.9. The predicted molar refractivity (Wildman–Crippen MR) is 226 cm³/mol. The fraction of sp³-hybridized carbons (Fsp3) is 0.192. The average Bonchev–Trinajstić information content (AvgIpc) is 3.55. The van der Waals surface area contributed by atoms with E-state index in [1.807, 2.05) is 0 Å². The van der Waals surface area contributed by atoms with Crippen LogP contribution in [0.1, 0.15) is 76.3 Å². The first-order valence-electron chi connectivity index (χ1n) is 19.0. The van der Waals surface area contributed by atoms with Crippen LogP contribution in [0.3, 0.4) is 0 Å². The Labute approximate surface area is 315 Å². The number of nitrogens with zero attached hydrogens (tertiary/aromatic N) is 1. The zero-order chi connectivity index (χ0) is 36.7. The maximum Gasteiger partial charge on any atom is 0.0499 e. The number of hydrogen-bond acceptors (Lipinski definition) is 1. The van der Waals surface area contributed by atoms with E-state index in [2.05, 4.69) is 211 Å². The van der Waals surface area contributed by atoms with E-state index < -0.39 is 0 Å². The van der Waals surface area contributed by atoms with Gasteiger partial charge in [0.1, 0.15) is 0 Å². The van der Waals surface area contributed by atoms with Gasteiger partial charge in [-0.25, -0.2) is 0 Å². The molecule has 0 aliphatic heterocycles. The maximum absolute atomic E-state index is 2.49. The monoisotopic (exact) mass is 685 g/mol. The van der Waals surface area contributed by atoms with Gasteiger partial charge in [-0.3, -0.25) is 0 Å². The van der Waals surface area contributed by atoms with Gasteiger partial charge in [0.05, 0.1) is 0 Å². The van der Waals surface area contributed by atoms with Crippen LogP contribution in [0.5, 0.6) is 0 Å². The molecule has 7 aromatic rings. The van der Waals surface area contributed by atoms with Crippen molar-refractivity contribution in [3.05, 3.63) is 186 Å². The third kappa shape index (κ3) is 5.20. The van der Waals surface area contributed by atoms with Gasteiger partial charge in [0, 0.05) is 27.9 Å². The molecule has 0 N–H and O–H groups in total. The first kappa shape index (κ1) is 33.2. The number of anilines is 3. The van der Waals surface area contributed by atoms with Crippen LogP contribution in [0, 0.1) is 0 Å². The van der Waals surface area contributed by atoms with Crippen LogP contribution in [0.2, 0.25) is 0 Å². The van der Waals surface area contributed by atoms with E-state index in [4.69, 9.17) is 0 Å². The predicted octanol–water partition coefficient (Wildman–Crippen LogP) is 14.4. The molecule has 0 atom stereocenters. The highest BCUT2D eigenvalue weighted by Crippen LogP contribution is 2.54. The van der Waals surface area contributed by atoms with Crippen molar-refractivity contribution in [3.63, 3.8) is 0 Å². The van der Waals surface area contributed by atoms with Gasteiger partial charge in [-0.2, -0.15) is 0 Å². The SMILES string of the molecule is CC(C)(C)c1cc(-c2cccc3c2-c2ccccc2C3(C)C)ccc1N(c1ccc(-c2ccccc2)cc1)c1ccc2c(c1)C(C)(C)c1ccccc1-2. The van der Waals surface area contributed by atoms with E-state index in [0.717, 1.165) is 5.69 Å². The minimum absolute atomic E-state index is 0.0432. The molecule has 9 rings (SSSR count). The summed E-state index contributed by atoms with van der Waals surface area (Å²) < 4.78 is 0. The van der Waals surface area contributed by atoms with Crippen molar-refractivity contribution < 1.29 is 0 Å². The van der Waals surface area contributed by atoms with Gasteiger partial charge in [-0.15, -0.1) is 0 Å². The molecular weight excluding hydrogens is 639 g/mol. The largest absolute Gasteiger partial charge is 0.310 e. The number of benzene rings is 7. The molecule has 2 aliphatic rings. The molecule has 0 saturated heterocycles. The topological polar surface area (TPSA) is 3.24 Å². The Balaban J connectivity index is 1.24. The molecule has 0 saturated carbocycles. The summed E-state index contributed by atoms with van der Waals surface area (Å²) in [7, 11) is 0. The van der Waals surface area contributed by atoms with Crippen LogP contribution in [-0.2, 0) is 16.2 Å². The quantitative estimate of drug-likeness (QED) is 0.174. The summed E-state index contributed by atoms with van der Waals surface area (Å²) in [4.78, 5) is 2.49. The van der Waals surface area contributed by atoms with E-state index in [1.165, 1.54) is 83.7 Å². The van der Waals surface area contributed by atoms with Gasteiger partial charge in [0.15, 0.2) is 0 Å². The van der Waals surface area contributed by atoms with Crippen LogP contribution >= 0.6 is 0 Å². The van der Waals surface area contributed by atoms with E-state index >= 15 is 0 Å². The first-order valence-corrected chi connectivity index (χ1v) is 19.0. The molecule has 0 fully saturated rings. The van der Waals surface area contributed by atoms with E-state index in [-0.39, 0.29) is 16.2 Å². The van der Waals surface area contributed by atoms with E-state index in [1.54, 1.807) is 0 Å². The normalized spacial score (nSPS) is 14.6. The average molecular weight is 686 g/mol. The maximum atomic E-state index is 2.49. The summed E-state index contributed by atoms with van der Waals surface area (Å²) in [5.74, 6) is 0. The molecular formula is C52H47N. The zero-order valence-corrected chi connectivity index (χ0v) is 32.0. The Morgan fingerprint density at radius 2 is 0.925 bits per heavy atom. The van der Waals surface area contributed by atoms with Crippen molar-refractivity contribution in [3.8, 4) is 44.5 Å². The van der Waals surface area contributed by atoms with Gasteiger partial charge in [0.2, 0.25) is 0 Å². The number of hydrogen-bond donors (Lipinski definition) is 0. The Morgan fingerprint density at radius 3 is 1.64 bits per heavy atom. The molecule has 7 aromatic carbocycles. The molecule has 2 aliphatic carbocycles. The zero-order valence-electron chi connectivity index (χ0n) is 32.0. The summed E-state index contributed by atoms with van der Waals surface area (Å²) in [5, 5.41) is 0. The first-order chi connectivity index (χ1) is 25.4. The Bertz CT molecular complexity index is 2530. The summed E-state index contributed by atoms with van der Waals surface area (Å²) >= 11 is 0. The molecule has 53 heavy (non-hydrogen) atoms. The lowest BCUT2D eigenvalue weighted by molar-refractivity contribution is 0.591. The van der Waals surface area contributed by atoms with Gasteiger partial charge in [0.25, 0.3) is 0 Å². The molecule has 0 heterocycles. The fourth-order valence-electron chi connectivity index (χ4n) is 9.19. The Kier molecular flexibility index (Phi) is 7.48. The van der Waals surface area contributed by atoms with E-state index in [9.17, 15) is 0 Å². The lowest BCUT2D eigenvalue weighted by Crippen LogP contribution is -2.20. The van der Waals surface area contributed by atoms with Gasteiger partial charge in [-0.05, 0) is 114 Å². The molecule has 0 aromatic heterocycles. The van der Waals surface area contributed by atoms with Crippen molar-refractivity contribution in [1.82, 2.24) is 0 Å². The molecule has 260 valence electrons. The second-order valence-corrected chi connectivity index (χ2v) is 17.0. The molecule has 1 nitrogen and oxygen atoms in total. The Morgan fingerprint density at radius 1 is 0.396 bits per heavy atom. The molecule has 1 heteroatoms. The highest BCUT2D eigenvalue weighted by molar-refractivity contribution is 5.94. The summed E-state index contributed by atoms with van der Waals surface area (Å²) in [5.41, 5.74) is 20.5. The third-order valence-electron chi connectivity index (χ3n) is 12.0. The van der Waals surface area contributed by atoms with Crippen LogP contribution < -0.4 is 4.90 Å². The van der Waals surface area contributed by atoms with Gasteiger partial charge >= 0.3 is 0 Å². The van der Waals surface area contributed by atoms with Crippen LogP contribution in [0.25, 0.3) is 44.5 Å². The number of fused-ring (bicyclic) bond motifs is 6. The lowest BCUT2D eigenvalue weighted by atomic mass is 9.81. The Hall–Kier alpha value is -5.66. The third-order valence-corrected chi connectivity index (χ3v) is 12.0. The number of rotatable bonds is 5. The minimum Gasteiger partial charge on any atom is -0.310 e. The summed E-state index contributed by atoms with van der Waals surface area (Å²) in [6.07, 6.45) is 0. The highest BCUT2D eigenvalue weighted by Gasteiger charge is 2.38. The van der Waals surface area contributed by atoms with Crippen molar-refractivity contribution in [1.29, 1.82) is 0 Å². The van der Waals surface area contributed by atoms with E-state index in [0.29, 0.717) is 0 Å². The second-order valence-electron chi connectivity index (χ2n) is 17.0. The van der Waals surface area contributed by atoms with Crippen molar-refractivity contribution in [2.75, 3.05) is 4.90 Å². The van der Waals surface area contributed by atoms with Crippen molar-refractivity contribution >= 4 is 17.1 Å². The standard InChI is InChI=1S/C52H47N/c1-50(2,3)47-32-36(39-20-15-23-45-49(39)42-19-12-14-22-44(42)51(45,4)5)26-31-48(47)53(37-27-24-35(25-28-37)34-16-9-8-10-17-34)38-29-30-41-40-18-11-13-21-43(40)52(6,7)46(41)33-38/h8-33H,1-7H3. The van der Waals surface area contributed by atoms with Gasteiger partial charge in [-0.1, -0.05) is 170 Å². The fourth-order valence-corrected chi connectivity index (χ4v) is 9.19. The lowest BCUT2D eigenvalue weighted by Gasteiger charge is -2.33. The minimum atomic E-state index is -0.130. The van der Waals surface area contributed by atoms with Gasteiger partial charge < -0.3 is 4.90 Å². The smallest absolute Gasteiger partial charge is 0.0499 e. The summed E-state index contributed by atoms with van der Waals surface area (Å²) in [6.45, 7) is 16.5. The van der Waals surface area contributed by atoms with Crippen LogP contribution in [0.4, 0.5) is 17.1 Å². The molecule has 0 amide bonds. The molecule has 0 radical (unpaired) electrons. The molecule has 0 unspecified atom stereocenters.